The van der Waals surface area contributed by atoms with E-state index < -0.39 is 6.10 Å². The lowest BCUT2D eigenvalue weighted by molar-refractivity contribution is 0.171. The highest BCUT2D eigenvalue weighted by atomic mass is 32.2. The molecule has 0 saturated heterocycles. The van der Waals surface area contributed by atoms with Crippen LogP contribution in [0.1, 0.15) is 24.4 Å². The minimum absolute atomic E-state index is 0.491. The van der Waals surface area contributed by atoms with E-state index in [1.165, 1.54) is 6.33 Å². The Morgan fingerprint density at radius 3 is 2.89 bits per heavy atom. The summed E-state index contributed by atoms with van der Waals surface area (Å²) in [7, 11) is 0. The summed E-state index contributed by atoms with van der Waals surface area (Å²) in [6.07, 6.45) is 3.50. The fourth-order valence-corrected chi connectivity index (χ4v) is 2.59. The molecule has 0 amide bonds. The third-order valence-electron chi connectivity index (χ3n) is 2.87. The maximum absolute atomic E-state index is 10.3. The summed E-state index contributed by atoms with van der Waals surface area (Å²) in [6, 6.07) is 7.91. The Morgan fingerprint density at radius 2 is 2.17 bits per heavy atom. The zero-order chi connectivity index (χ0) is 13.0. The summed E-state index contributed by atoms with van der Waals surface area (Å²) in [5.41, 5.74) is 0.954. The van der Waals surface area contributed by atoms with Gasteiger partial charge in [0.15, 0.2) is 0 Å². The molecule has 0 aliphatic carbocycles. The number of aliphatic hydroxyl groups is 1. The van der Waals surface area contributed by atoms with Gasteiger partial charge < -0.3 is 5.11 Å². The van der Waals surface area contributed by atoms with Crippen LogP contribution in [0.4, 0.5) is 0 Å². The molecule has 0 bridgehead atoms. The third-order valence-corrected chi connectivity index (χ3v) is 3.68. The lowest BCUT2D eigenvalue weighted by Gasteiger charge is -2.14. The minimum Gasteiger partial charge on any atom is -0.388 e. The van der Waals surface area contributed by atoms with Gasteiger partial charge in [0.2, 0.25) is 0 Å². The van der Waals surface area contributed by atoms with Crippen LogP contribution < -0.4 is 0 Å². The topological polar surface area (TPSA) is 50.9 Å². The van der Waals surface area contributed by atoms with Crippen molar-refractivity contribution >= 4 is 11.8 Å². The molecule has 0 saturated carbocycles. The first-order valence-corrected chi connectivity index (χ1v) is 7.16. The molecule has 1 aromatic carbocycles. The molecule has 1 N–H and O–H groups in total. The van der Waals surface area contributed by atoms with Gasteiger partial charge >= 0.3 is 0 Å². The number of aromatic nitrogens is 3. The monoisotopic (exact) mass is 263 g/mol. The Bertz CT molecular complexity index is 512. The Balaban J connectivity index is 2.19. The lowest BCUT2D eigenvalue weighted by atomic mass is 10.1. The van der Waals surface area contributed by atoms with Crippen molar-refractivity contribution < 1.29 is 5.11 Å². The number of rotatable bonds is 5. The van der Waals surface area contributed by atoms with Crippen LogP contribution in [0, 0.1) is 0 Å². The van der Waals surface area contributed by atoms with E-state index in [2.05, 4.69) is 10.1 Å². The van der Waals surface area contributed by atoms with Crippen molar-refractivity contribution in [2.45, 2.75) is 30.9 Å². The highest BCUT2D eigenvalue weighted by Gasteiger charge is 2.15. The van der Waals surface area contributed by atoms with Gasteiger partial charge in [-0.1, -0.05) is 18.2 Å². The summed E-state index contributed by atoms with van der Waals surface area (Å²) < 4.78 is 1.81. The number of benzene rings is 1. The SMILES string of the molecule is CCn1ncnc1CC(O)c1ccccc1SC. The average molecular weight is 263 g/mol. The number of hydrogen-bond donors (Lipinski definition) is 1. The molecule has 5 heteroatoms. The van der Waals surface area contributed by atoms with Crippen LogP contribution >= 0.6 is 11.8 Å². The van der Waals surface area contributed by atoms with Gasteiger partial charge in [-0.2, -0.15) is 5.10 Å². The second-order valence-corrected chi connectivity index (χ2v) is 4.80. The van der Waals surface area contributed by atoms with E-state index >= 15 is 0 Å². The van der Waals surface area contributed by atoms with E-state index in [1.54, 1.807) is 11.8 Å². The van der Waals surface area contributed by atoms with E-state index in [-0.39, 0.29) is 0 Å². The minimum atomic E-state index is -0.539. The Morgan fingerprint density at radius 1 is 1.39 bits per heavy atom. The van der Waals surface area contributed by atoms with Crippen LogP contribution in [0.15, 0.2) is 35.5 Å². The molecule has 2 aromatic rings. The van der Waals surface area contributed by atoms with Crippen LogP contribution in [0.5, 0.6) is 0 Å². The van der Waals surface area contributed by atoms with Crippen molar-refractivity contribution in [2.75, 3.05) is 6.26 Å². The zero-order valence-electron chi connectivity index (χ0n) is 10.6. The molecule has 96 valence electrons. The molecule has 1 unspecified atom stereocenters. The van der Waals surface area contributed by atoms with Gasteiger partial charge in [0.25, 0.3) is 0 Å². The molecular formula is C13H17N3OS. The number of thioether (sulfide) groups is 1. The predicted molar refractivity (Wildman–Crippen MR) is 72.6 cm³/mol. The largest absolute Gasteiger partial charge is 0.388 e. The van der Waals surface area contributed by atoms with Gasteiger partial charge in [0, 0.05) is 17.9 Å². The summed E-state index contributed by atoms with van der Waals surface area (Å²) in [5.74, 6) is 0.820. The van der Waals surface area contributed by atoms with Crippen LogP contribution in [-0.4, -0.2) is 26.1 Å². The van der Waals surface area contributed by atoms with E-state index in [0.29, 0.717) is 6.42 Å². The lowest BCUT2D eigenvalue weighted by Crippen LogP contribution is -2.10. The number of hydrogen-bond acceptors (Lipinski definition) is 4. The van der Waals surface area contributed by atoms with Gasteiger partial charge in [-0.15, -0.1) is 11.8 Å². The molecule has 1 atom stereocenters. The van der Waals surface area contributed by atoms with Crippen molar-refractivity contribution in [3.8, 4) is 0 Å². The second-order valence-electron chi connectivity index (χ2n) is 3.95. The first-order chi connectivity index (χ1) is 8.76. The van der Waals surface area contributed by atoms with Crippen molar-refractivity contribution in [1.82, 2.24) is 14.8 Å². The third kappa shape index (κ3) is 2.73. The highest BCUT2D eigenvalue weighted by molar-refractivity contribution is 7.98. The first kappa shape index (κ1) is 13.1. The van der Waals surface area contributed by atoms with E-state index in [4.69, 9.17) is 0 Å². The van der Waals surface area contributed by atoms with Crippen molar-refractivity contribution in [3.05, 3.63) is 42.0 Å². The number of aryl methyl sites for hydroxylation is 1. The summed E-state index contributed by atoms with van der Waals surface area (Å²) in [4.78, 5) is 5.30. The quantitative estimate of drug-likeness (QED) is 0.841. The van der Waals surface area contributed by atoms with Gasteiger partial charge in [-0.3, -0.25) is 4.68 Å². The smallest absolute Gasteiger partial charge is 0.138 e. The Hall–Kier alpha value is -1.33. The van der Waals surface area contributed by atoms with Crippen LogP contribution in [-0.2, 0) is 13.0 Å². The molecular weight excluding hydrogens is 246 g/mol. The average Bonchev–Trinajstić information content (AvgIpc) is 2.85. The molecule has 0 radical (unpaired) electrons. The molecule has 1 heterocycles. The Labute approximate surface area is 111 Å². The normalized spacial score (nSPS) is 12.6. The first-order valence-electron chi connectivity index (χ1n) is 5.94. The molecule has 0 spiro atoms. The summed E-state index contributed by atoms with van der Waals surface area (Å²) >= 11 is 1.64. The van der Waals surface area contributed by atoms with Gasteiger partial charge in [0.05, 0.1) is 6.10 Å². The zero-order valence-corrected chi connectivity index (χ0v) is 11.4. The summed E-state index contributed by atoms with van der Waals surface area (Å²) in [6.45, 7) is 2.78. The fourth-order valence-electron chi connectivity index (χ4n) is 1.93. The van der Waals surface area contributed by atoms with Gasteiger partial charge in [0.1, 0.15) is 12.2 Å². The van der Waals surface area contributed by atoms with E-state index in [9.17, 15) is 5.11 Å². The molecule has 2 rings (SSSR count). The summed E-state index contributed by atoms with van der Waals surface area (Å²) in [5, 5.41) is 14.4. The molecule has 0 aliphatic heterocycles. The molecule has 0 aliphatic rings. The van der Waals surface area contributed by atoms with Crippen molar-refractivity contribution in [2.24, 2.45) is 0 Å². The Kier molecular flexibility index (Phi) is 4.38. The van der Waals surface area contributed by atoms with Gasteiger partial charge in [-0.25, -0.2) is 4.98 Å². The molecule has 4 nitrogen and oxygen atoms in total. The number of nitrogens with zero attached hydrogens (tertiary/aromatic N) is 3. The van der Waals surface area contributed by atoms with Crippen molar-refractivity contribution in [1.29, 1.82) is 0 Å². The molecule has 0 fully saturated rings. The standard InChI is InChI=1S/C13H17N3OS/c1-3-16-13(14-9-15-16)8-11(17)10-6-4-5-7-12(10)18-2/h4-7,9,11,17H,3,8H2,1-2H3. The van der Waals surface area contributed by atoms with E-state index in [1.807, 2.05) is 42.1 Å². The van der Waals surface area contributed by atoms with Crippen LogP contribution in [0.25, 0.3) is 0 Å². The molecule has 1 aromatic heterocycles. The maximum atomic E-state index is 10.3. The second kappa shape index (κ2) is 6.02. The fraction of sp³-hybridized carbons (Fsp3) is 0.385. The number of aliphatic hydroxyl groups excluding tert-OH is 1. The van der Waals surface area contributed by atoms with Crippen LogP contribution in [0.2, 0.25) is 0 Å². The van der Waals surface area contributed by atoms with Gasteiger partial charge in [-0.05, 0) is 24.8 Å². The van der Waals surface area contributed by atoms with E-state index in [0.717, 1.165) is 22.8 Å². The maximum Gasteiger partial charge on any atom is 0.138 e. The van der Waals surface area contributed by atoms with Crippen LogP contribution in [0.3, 0.4) is 0 Å². The highest BCUT2D eigenvalue weighted by Crippen LogP contribution is 2.27. The predicted octanol–water partition coefficient (Wildman–Crippen LogP) is 2.30. The van der Waals surface area contributed by atoms with Crippen molar-refractivity contribution in [3.63, 3.8) is 0 Å². The molecule has 18 heavy (non-hydrogen) atoms.